The molecule has 2 heterocycles. The number of hydrogen-bond donors (Lipinski definition) is 1. The molecule has 0 aromatic carbocycles. The van der Waals surface area contributed by atoms with E-state index in [1.165, 1.54) is 6.42 Å². The minimum absolute atomic E-state index is 0.0784. The highest BCUT2D eigenvalue weighted by atomic mass is 15.2. The minimum Gasteiger partial charge on any atom is -0.363 e. The highest BCUT2D eigenvalue weighted by molar-refractivity contribution is 5.38. The van der Waals surface area contributed by atoms with Gasteiger partial charge < -0.3 is 10.2 Å². The lowest BCUT2D eigenvalue weighted by Crippen LogP contribution is -2.42. The van der Waals surface area contributed by atoms with Crippen LogP contribution in [0.4, 0.5) is 5.82 Å². The molecule has 1 aromatic rings. The molecule has 1 aromatic heterocycles. The van der Waals surface area contributed by atoms with Gasteiger partial charge in [-0.1, -0.05) is 6.92 Å². The first-order valence-corrected chi connectivity index (χ1v) is 6.25. The number of rotatable bonds is 2. The number of nitrogens with one attached hydrogen (secondary N) is 1. The van der Waals surface area contributed by atoms with Crippen LogP contribution in [0.5, 0.6) is 0 Å². The third-order valence-electron chi connectivity index (χ3n) is 3.44. The van der Waals surface area contributed by atoms with Gasteiger partial charge in [-0.05, 0) is 26.3 Å². The number of hydrogen-bond acceptors (Lipinski definition) is 4. The summed E-state index contributed by atoms with van der Waals surface area (Å²) in [4.78, 5) is 11.4. The molecule has 1 fully saturated rings. The van der Waals surface area contributed by atoms with Crippen LogP contribution in [0.1, 0.15) is 31.3 Å². The minimum atomic E-state index is 0.0784. The van der Waals surface area contributed by atoms with Gasteiger partial charge in [-0.15, -0.1) is 0 Å². The van der Waals surface area contributed by atoms with Crippen molar-refractivity contribution in [2.75, 3.05) is 32.1 Å². The number of anilines is 1. The Hall–Kier alpha value is -1.16. The molecule has 4 heteroatoms. The largest absolute Gasteiger partial charge is 0.363 e. The van der Waals surface area contributed by atoms with Crippen LogP contribution in [0.2, 0.25) is 0 Å². The zero-order chi connectivity index (χ0) is 12.5. The summed E-state index contributed by atoms with van der Waals surface area (Å²) in [5.41, 5.74) is 1.13. The second kappa shape index (κ2) is 4.61. The molecule has 4 nitrogen and oxygen atoms in total. The Morgan fingerprint density at radius 3 is 2.71 bits per heavy atom. The van der Waals surface area contributed by atoms with E-state index in [2.05, 4.69) is 17.2 Å². The third-order valence-corrected chi connectivity index (χ3v) is 3.44. The molecule has 1 N–H and O–H groups in total. The second-order valence-electron chi connectivity index (χ2n) is 5.43. The van der Waals surface area contributed by atoms with Gasteiger partial charge in [0.15, 0.2) is 0 Å². The van der Waals surface area contributed by atoms with Crippen molar-refractivity contribution in [2.45, 2.75) is 32.1 Å². The fraction of sp³-hybridized carbons (Fsp3) is 0.692. The van der Waals surface area contributed by atoms with Crippen LogP contribution in [-0.4, -0.2) is 37.2 Å². The van der Waals surface area contributed by atoms with E-state index in [0.717, 1.165) is 36.8 Å². The first-order chi connectivity index (χ1) is 8.01. The van der Waals surface area contributed by atoms with Crippen molar-refractivity contribution in [3.8, 4) is 0 Å². The molecule has 1 aliphatic rings. The van der Waals surface area contributed by atoms with E-state index < -0.39 is 0 Å². The van der Waals surface area contributed by atoms with Gasteiger partial charge in [0, 0.05) is 37.8 Å². The Morgan fingerprint density at radius 1 is 1.35 bits per heavy atom. The monoisotopic (exact) mass is 234 g/mol. The highest BCUT2D eigenvalue weighted by Gasteiger charge is 2.32. The van der Waals surface area contributed by atoms with Crippen molar-refractivity contribution in [1.29, 1.82) is 0 Å². The molecule has 2 rings (SSSR count). The average Bonchev–Trinajstić information content (AvgIpc) is 2.29. The van der Waals surface area contributed by atoms with E-state index in [0.29, 0.717) is 0 Å². The van der Waals surface area contributed by atoms with E-state index in [1.54, 1.807) is 0 Å². The van der Waals surface area contributed by atoms with E-state index >= 15 is 0 Å². The van der Waals surface area contributed by atoms with Gasteiger partial charge >= 0.3 is 0 Å². The van der Waals surface area contributed by atoms with Crippen molar-refractivity contribution in [1.82, 2.24) is 15.3 Å². The first-order valence-electron chi connectivity index (χ1n) is 6.25. The molecule has 0 aliphatic carbocycles. The predicted octanol–water partition coefficient (Wildman–Crippen LogP) is 1.49. The third kappa shape index (κ3) is 2.57. The lowest BCUT2D eigenvalue weighted by atomic mass is 9.82. The quantitative estimate of drug-likeness (QED) is 0.842. The summed E-state index contributed by atoms with van der Waals surface area (Å²) < 4.78 is 0. The van der Waals surface area contributed by atoms with Gasteiger partial charge in [0.1, 0.15) is 11.6 Å². The Bertz CT molecular complexity index is 394. The Kier molecular flexibility index (Phi) is 3.33. The fourth-order valence-corrected chi connectivity index (χ4v) is 2.30. The smallest absolute Gasteiger partial charge is 0.138 e. The topological polar surface area (TPSA) is 41.1 Å². The Morgan fingerprint density at radius 2 is 2.12 bits per heavy atom. The number of aromatic nitrogens is 2. The Balaban J connectivity index is 2.37. The highest BCUT2D eigenvalue weighted by Crippen LogP contribution is 2.29. The lowest BCUT2D eigenvalue weighted by Gasteiger charge is -2.33. The number of nitrogens with zero attached hydrogens (tertiary/aromatic N) is 3. The molecule has 0 saturated carbocycles. The molecular formula is C13H22N4. The molecule has 0 amide bonds. The average molecular weight is 234 g/mol. The summed E-state index contributed by atoms with van der Waals surface area (Å²) in [6, 6.07) is 2.03. The molecular weight excluding hydrogens is 212 g/mol. The van der Waals surface area contributed by atoms with Gasteiger partial charge in [0.25, 0.3) is 0 Å². The second-order valence-corrected chi connectivity index (χ2v) is 5.43. The molecule has 1 aliphatic heterocycles. The van der Waals surface area contributed by atoms with Crippen molar-refractivity contribution >= 4 is 5.82 Å². The molecule has 0 bridgehead atoms. The predicted molar refractivity (Wildman–Crippen MR) is 70.6 cm³/mol. The van der Waals surface area contributed by atoms with Crippen LogP contribution in [-0.2, 0) is 5.41 Å². The van der Waals surface area contributed by atoms with Crippen LogP contribution in [0, 0.1) is 6.92 Å². The number of aryl methyl sites for hydroxylation is 1. The zero-order valence-electron chi connectivity index (χ0n) is 11.2. The summed E-state index contributed by atoms with van der Waals surface area (Å²) in [6.45, 7) is 6.39. The van der Waals surface area contributed by atoms with Crippen LogP contribution >= 0.6 is 0 Å². The molecule has 0 spiro atoms. The zero-order valence-corrected chi connectivity index (χ0v) is 11.2. The molecule has 1 atom stereocenters. The van der Waals surface area contributed by atoms with Gasteiger partial charge in [-0.25, -0.2) is 9.97 Å². The summed E-state index contributed by atoms with van der Waals surface area (Å²) in [5.74, 6) is 1.98. The van der Waals surface area contributed by atoms with Crippen LogP contribution in [0.15, 0.2) is 6.07 Å². The first kappa shape index (κ1) is 12.3. The van der Waals surface area contributed by atoms with E-state index in [9.17, 15) is 0 Å². The maximum atomic E-state index is 4.70. The van der Waals surface area contributed by atoms with Crippen LogP contribution in [0.25, 0.3) is 0 Å². The van der Waals surface area contributed by atoms with Crippen molar-refractivity contribution < 1.29 is 0 Å². The summed E-state index contributed by atoms with van der Waals surface area (Å²) in [7, 11) is 4.04. The maximum absolute atomic E-state index is 4.70. The normalized spacial score (nSPS) is 24.7. The molecule has 94 valence electrons. The van der Waals surface area contributed by atoms with E-state index in [-0.39, 0.29) is 5.41 Å². The van der Waals surface area contributed by atoms with Gasteiger partial charge in [0.05, 0.1) is 0 Å². The van der Waals surface area contributed by atoms with Gasteiger partial charge in [0.2, 0.25) is 0 Å². The molecule has 17 heavy (non-hydrogen) atoms. The lowest BCUT2D eigenvalue weighted by molar-refractivity contribution is 0.323. The molecule has 1 saturated heterocycles. The summed E-state index contributed by atoms with van der Waals surface area (Å²) >= 11 is 0. The molecule has 0 radical (unpaired) electrons. The number of piperidine rings is 1. The summed E-state index contributed by atoms with van der Waals surface area (Å²) in [5, 5.41) is 3.45. The standard InChI is InChI=1S/C13H22N4/c1-10-8-11(17(3)4)16-12(15-10)13(2)6-5-7-14-9-13/h8,14H,5-7,9H2,1-4H3. The SMILES string of the molecule is Cc1cc(N(C)C)nc(C2(C)CCCNC2)n1. The van der Waals surface area contributed by atoms with Gasteiger partial charge in [-0.2, -0.15) is 0 Å². The Labute approximate surface area is 103 Å². The van der Waals surface area contributed by atoms with Gasteiger partial charge in [-0.3, -0.25) is 0 Å². The van der Waals surface area contributed by atoms with Crippen LogP contribution in [0.3, 0.4) is 0 Å². The molecule has 1 unspecified atom stereocenters. The van der Waals surface area contributed by atoms with Crippen LogP contribution < -0.4 is 10.2 Å². The summed E-state index contributed by atoms with van der Waals surface area (Å²) in [6.07, 6.45) is 2.36. The van der Waals surface area contributed by atoms with E-state index in [1.807, 2.05) is 32.0 Å². The van der Waals surface area contributed by atoms with Crippen molar-refractivity contribution in [2.24, 2.45) is 0 Å². The van der Waals surface area contributed by atoms with Crippen molar-refractivity contribution in [3.05, 3.63) is 17.6 Å². The van der Waals surface area contributed by atoms with Crippen molar-refractivity contribution in [3.63, 3.8) is 0 Å². The van der Waals surface area contributed by atoms with E-state index in [4.69, 9.17) is 4.98 Å². The fourth-order valence-electron chi connectivity index (χ4n) is 2.30. The maximum Gasteiger partial charge on any atom is 0.138 e.